The number of rotatable bonds is 6. The molecule has 1 saturated heterocycles. The van der Waals surface area contributed by atoms with Crippen LogP contribution in [0.4, 0.5) is 19.0 Å². The molecule has 3 rings (SSSR count). The molecule has 32 heavy (non-hydrogen) atoms. The zero-order chi connectivity index (χ0) is 23.3. The van der Waals surface area contributed by atoms with E-state index in [0.717, 1.165) is 17.8 Å². The van der Waals surface area contributed by atoms with Crippen molar-refractivity contribution in [3.8, 4) is 0 Å². The molecule has 0 atom stereocenters. The molecule has 0 spiro atoms. The fourth-order valence-electron chi connectivity index (χ4n) is 3.24. The third kappa shape index (κ3) is 5.89. The molecule has 7 nitrogen and oxygen atoms in total. The number of piperazine rings is 1. The molecule has 1 aliphatic rings. The molecule has 2 aromatic rings. The predicted molar refractivity (Wildman–Crippen MR) is 110 cm³/mol. The van der Waals surface area contributed by atoms with Crippen molar-refractivity contribution in [2.45, 2.75) is 12.8 Å². The summed E-state index contributed by atoms with van der Waals surface area (Å²) in [6.45, 7) is 1.18. The monoisotopic (exact) mass is 471 g/mol. The van der Waals surface area contributed by atoms with E-state index in [0.29, 0.717) is 38.3 Å². The lowest BCUT2D eigenvalue weighted by atomic mass is 10.1. The minimum absolute atomic E-state index is 0.107. The summed E-state index contributed by atoms with van der Waals surface area (Å²) in [6, 6.07) is 7.57. The second-order valence-corrected chi connectivity index (χ2v) is 7.51. The topological polar surface area (TPSA) is 72.0 Å². The number of anilines is 1. The summed E-state index contributed by atoms with van der Waals surface area (Å²) < 4.78 is 48.5. The Hall–Kier alpha value is -2.85. The standard InChI is InChI=1S/C21H21ClF3N3O4/c1-31-12-14-3-2-4-15(9-14)20(30)32-13-18(29)27-5-7-28(8-6-27)19-17(22)10-16(11-26-19)21(23,24)25/h2-4,9-11H,5-8,12-13H2,1H3. The van der Waals surface area contributed by atoms with Gasteiger partial charge >= 0.3 is 12.1 Å². The average Bonchev–Trinajstić information content (AvgIpc) is 2.77. The van der Waals surface area contributed by atoms with Crippen LogP contribution < -0.4 is 4.90 Å². The highest BCUT2D eigenvalue weighted by Crippen LogP contribution is 2.33. The molecule has 0 radical (unpaired) electrons. The summed E-state index contributed by atoms with van der Waals surface area (Å²) >= 11 is 5.99. The van der Waals surface area contributed by atoms with Crippen molar-refractivity contribution in [2.75, 3.05) is 44.8 Å². The Morgan fingerprint density at radius 1 is 1.16 bits per heavy atom. The van der Waals surface area contributed by atoms with E-state index in [2.05, 4.69) is 4.98 Å². The first kappa shape index (κ1) is 23.8. The molecule has 0 saturated carbocycles. The first-order valence-electron chi connectivity index (χ1n) is 9.69. The SMILES string of the molecule is COCc1cccc(C(=O)OCC(=O)N2CCN(c3ncc(C(F)(F)F)cc3Cl)CC2)c1. The summed E-state index contributed by atoms with van der Waals surface area (Å²) in [7, 11) is 1.55. The van der Waals surface area contributed by atoms with E-state index in [-0.39, 0.29) is 16.7 Å². The molecule has 1 fully saturated rings. The van der Waals surface area contributed by atoms with Crippen molar-refractivity contribution in [2.24, 2.45) is 0 Å². The van der Waals surface area contributed by atoms with Crippen LogP contribution in [0.15, 0.2) is 36.5 Å². The molecule has 0 bridgehead atoms. The first-order valence-corrected chi connectivity index (χ1v) is 10.1. The maximum atomic E-state index is 12.8. The number of benzene rings is 1. The highest BCUT2D eigenvalue weighted by molar-refractivity contribution is 6.33. The van der Waals surface area contributed by atoms with Crippen LogP contribution in [-0.4, -0.2) is 61.7 Å². The van der Waals surface area contributed by atoms with Gasteiger partial charge in [0.1, 0.15) is 5.82 Å². The molecular weight excluding hydrogens is 451 g/mol. The summed E-state index contributed by atoms with van der Waals surface area (Å²) in [5.41, 5.74) is 0.203. The number of hydrogen-bond donors (Lipinski definition) is 0. The molecule has 1 aromatic carbocycles. The third-order valence-electron chi connectivity index (χ3n) is 4.88. The van der Waals surface area contributed by atoms with E-state index in [1.807, 2.05) is 6.07 Å². The number of aromatic nitrogens is 1. The number of methoxy groups -OCH3 is 1. The molecule has 2 heterocycles. The lowest BCUT2D eigenvalue weighted by Gasteiger charge is -2.35. The van der Waals surface area contributed by atoms with Crippen LogP contribution in [-0.2, 0) is 27.1 Å². The lowest BCUT2D eigenvalue weighted by Crippen LogP contribution is -2.50. The fraction of sp³-hybridized carbons (Fsp3) is 0.381. The highest BCUT2D eigenvalue weighted by atomic mass is 35.5. The van der Waals surface area contributed by atoms with Crippen LogP contribution in [0.1, 0.15) is 21.5 Å². The lowest BCUT2D eigenvalue weighted by molar-refractivity contribution is -0.138. The highest BCUT2D eigenvalue weighted by Gasteiger charge is 2.32. The minimum Gasteiger partial charge on any atom is -0.452 e. The maximum absolute atomic E-state index is 12.8. The smallest absolute Gasteiger partial charge is 0.417 e. The summed E-state index contributed by atoms with van der Waals surface area (Å²) in [5.74, 6) is -0.748. The number of hydrogen-bond acceptors (Lipinski definition) is 6. The summed E-state index contributed by atoms with van der Waals surface area (Å²) in [5, 5.41) is -0.107. The summed E-state index contributed by atoms with van der Waals surface area (Å²) in [6.07, 6.45) is -3.79. The largest absolute Gasteiger partial charge is 0.452 e. The minimum atomic E-state index is -4.52. The number of carbonyl (C=O) groups is 2. The van der Waals surface area contributed by atoms with Gasteiger partial charge in [0.15, 0.2) is 6.61 Å². The van der Waals surface area contributed by atoms with Gasteiger partial charge in [-0.15, -0.1) is 0 Å². The van der Waals surface area contributed by atoms with Crippen LogP contribution in [0.5, 0.6) is 0 Å². The molecule has 1 aliphatic heterocycles. The van der Waals surface area contributed by atoms with Crippen LogP contribution in [0, 0.1) is 0 Å². The van der Waals surface area contributed by atoms with Crippen molar-refractivity contribution in [1.29, 1.82) is 0 Å². The van der Waals surface area contributed by atoms with E-state index < -0.39 is 24.3 Å². The normalized spacial score (nSPS) is 14.4. The second kappa shape index (κ2) is 10.2. The Kier molecular flexibility index (Phi) is 7.57. The zero-order valence-electron chi connectivity index (χ0n) is 17.2. The van der Waals surface area contributed by atoms with Crippen LogP contribution in [0.2, 0.25) is 5.02 Å². The Labute approximate surface area is 187 Å². The number of esters is 1. The third-order valence-corrected chi connectivity index (χ3v) is 5.16. The first-order chi connectivity index (χ1) is 15.2. The Morgan fingerprint density at radius 2 is 1.88 bits per heavy atom. The van der Waals surface area contributed by atoms with Gasteiger partial charge in [0, 0.05) is 39.5 Å². The van der Waals surface area contributed by atoms with E-state index in [4.69, 9.17) is 21.1 Å². The second-order valence-electron chi connectivity index (χ2n) is 7.10. The quantitative estimate of drug-likeness (QED) is 0.601. The van der Waals surface area contributed by atoms with Crippen molar-refractivity contribution >= 4 is 29.3 Å². The molecule has 0 N–H and O–H groups in total. The number of halogens is 4. The average molecular weight is 472 g/mol. The van der Waals surface area contributed by atoms with Gasteiger partial charge in [-0.1, -0.05) is 23.7 Å². The van der Waals surface area contributed by atoms with Crippen molar-refractivity contribution < 1.29 is 32.2 Å². The Bertz CT molecular complexity index is 979. The predicted octanol–water partition coefficient (Wildman–Crippen LogP) is 3.41. The van der Waals surface area contributed by atoms with Gasteiger partial charge in [-0.3, -0.25) is 4.79 Å². The van der Waals surface area contributed by atoms with Gasteiger partial charge in [0.25, 0.3) is 5.91 Å². The summed E-state index contributed by atoms with van der Waals surface area (Å²) in [4.78, 5) is 31.7. The van der Waals surface area contributed by atoms with Crippen LogP contribution >= 0.6 is 11.6 Å². The van der Waals surface area contributed by atoms with Crippen LogP contribution in [0.3, 0.4) is 0 Å². The van der Waals surface area contributed by atoms with Gasteiger partial charge in [-0.25, -0.2) is 9.78 Å². The van der Waals surface area contributed by atoms with Gasteiger partial charge < -0.3 is 19.3 Å². The van der Waals surface area contributed by atoms with E-state index in [1.165, 1.54) is 4.90 Å². The van der Waals surface area contributed by atoms with E-state index >= 15 is 0 Å². The number of amides is 1. The zero-order valence-corrected chi connectivity index (χ0v) is 17.9. The van der Waals surface area contributed by atoms with Gasteiger partial charge in [-0.2, -0.15) is 13.2 Å². The van der Waals surface area contributed by atoms with Crippen molar-refractivity contribution in [3.63, 3.8) is 0 Å². The number of ether oxygens (including phenoxy) is 2. The van der Waals surface area contributed by atoms with Crippen LogP contribution in [0.25, 0.3) is 0 Å². The number of alkyl halides is 3. The van der Waals surface area contributed by atoms with Crippen molar-refractivity contribution in [3.05, 3.63) is 58.2 Å². The number of nitrogens with zero attached hydrogens (tertiary/aromatic N) is 3. The molecule has 0 aliphatic carbocycles. The Morgan fingerprint density at radius 3 is 2.50 bits per heavy atom. The Balaban J connectivity index is 1.51. The van der Waals surface area contributed by atoms with E-state index in [9.17, 15) is 22.8 Å². The molecule has 172 valence electrons. The number of pyridine rings is 1. The molecule has 1 amide bonds. The van der Waals surface area contributed by atoms with E-state index in [1.54, 1.807) is 30.2 Å². The fourth-order valence-corrected chi connectivity index (χ4v) is 3.53. The molecule has 11 heteroatoms. The van der Waals surface area contributed by atoms with Gasteiger partial charge in [-0.05, 0) is 23.8 Å². The maximum Gasteiger partial charge on any atom is 0.417 e. The van der Waals surface area contributed by atoms with Gasteiger partial charge in [0.05, 0.1) is 22.8 Å². The number of carbonyl (C=O) groups excluding carboxylic acids is 2. The molecule has 0 unspecified atom stereocenters. The van der Waals surface area contributed by atoms with Gasteiger partial charge in [0.2, 0.25) is 0 Å². The van der Waals surface area contributed by atoms with Crippen molar-refractivity contribution in [1.82, 2.24) is 9.88 Å². The molecular formula is C21H21ClF3N3O4. The molecule has 1 aromatic heterocycles.